The van der Waals surface area contributed by atoms with E-state index in [1.54, 1.807) is 0 Å². The van der Waals surface area contributed by atoms with Gasteiger partial charge in [-0.1, -0.05) is 60.2 Å². The number of aliphatic carboxylic acids is 1. The molecule has 0 unspecified atom stereocenters. The number of rotatable bonds is 4. The van der Waals surface area contributed by atoms with Crippen molar-refractivity contribution < 1.29 is 9.90 Å². The fourth-order valence-electron chi connectivity index (χ4n) is 3.62. The van der Waals surface area contributed by atoms with Gasteiger partial charge < -0.3 is 5.11 Å². The maximum Gasteiger partial charge on any atom is 0.329 e. The number of thiophene rings is 1. The van der Waals surface area contributed by atoms with E-state index in [9.17, 15) is 14.7 Å². The Bertz CT molecular complexity index is 1320. The molecule has 0 atom stereocenters. The lowest BCUT2D eigenvalue weighted by Gasteiger charge is -2.25. The number of benzene rings is 2. The number of hydrogen-bond donors (Lipinski definition) is 1. The molecule has 5 nitrogen and oxygen atoms in total. The number of carboxylic acid groups (broad SMARTS) is 1. The van der Waals surface area contributed by atoms with Crippen LogP contribution in [0.4, 0.5) is 0 Å². The van der Waals surface area contributed by atoms with Crippen LogP contribution in [-0.2, 0) is 10.3 Å². The van der Waals surface area contributed by atoms with Gasteiger partial charge in [-0.3, -0.25) is 9.36 Å². The summed E-state index contributed by atoms with van der Waals surface area (Å²) in [7, 11) is 0. The lowest BCUT2D eigenvalue weighted by atomic mass is 10.0. The molecule has 0 saturated heterocycles. The molecular formula is C24H22N2O3S. The topological polar surface area (TPSA) is 72.2 Å². The summed E-state index contributed by atoms with van der Waals surface area (Å²) in [6, 6.07) is 17.3. The second-order valence-corrected chi connectivity index (χ2v) is 9.09. The highest BCUT2D eigenvalue weighted by Crippen LogP contribution is 2.37. The van der Waals surface area contributed by atoms with Crippen molar-refractivity contribution in [3.63, 3.8) is 0 Å². The van der Waals surface area contributed by atoms with Crippen molar-refractivity contribution in [1.29, 1.82) is 0 Å². The first kappa shape index (κ1) is 20.0. The molecule has 4 rings (SSSR count). The number of hydrogen-bond acceptors (Lipinski definition) is 4. The van der Waals surface area contributed by atoms with Crippen molar-refractivity contribution in [1.82, 2.24) is 9.55 Å². The van der Waals surface area contributed by atoms with Gasteiger partial charge in [0.05, 0.1) is 5.39 Å². The van der Waals surface area contributed by atoms with Crippen LogP contribution in [0.1, 0.15) is 24.3 Å². The van der Waals surface area contributed by atoms with E-state index in [2.05, 4.69) is 0 Å². The third kappa shape index (κ3) is 3.13. The largest absolute Gasteiger partial charge is 0.480 e. The third-order valence-electron chi connectivity index (χ3n) is 5.36. The highest BCUT2D eigenvalue weighted by atomic mass is 32.1. The minimum atomic E-state index is -1.47. The lowest BCUT2D eigenvalue weighted by Crippen LogP contribution is -2.44. The van der Waals surface area contributed by atoms with E-state index in [0.29, 0.717) is 21.6 Å². The standard InChI is InChI=1S/C24H22N2O3S/c1-14-10-12-17(13-11-14)20-25-21-19(22(27)26(20)24(3,4)23(28)29)18(15(2)30-21)16-8-6-5-7-9-16/h5-13H,1-4H3,(H,28,29). The van der Waals surface area contributed by atoms with E-state index in [1.807, 2.05) is 68.4 Å². The van der Waals surface area contributed by atoms with Crippen LogP contribution < -0.4 is 5.56 Å². The number of carbonyl (C=O) groups is 1. The van der Waals surface area contributed by atoms with E-state index in [4.69, 9.17) is 4.98 Å². The quantitative estimate of drug-likeness (QED) is 0.493. The van der Waals surface area contributed by atoms with Crippen molar-refractivity contribution in [2.75, 3.05) is 0 Å². The van der Waals surface area contributed by atoms with Crippen LogP contribution in [0.15, 0.2) is 59.4 Å². The van der Waals surface area contributed by atoms with Gasteiger partial charge in [-0.25, -0.2) is 9.78 Å². The fourth-order valence-corrected chi connectivity index (χ4v) is 4.66. The average molecular weight is 419 g/mol. The zero-order chi connectivity index (χ0) is 21.6. The molecule has 0 amide bonds. The average Bonchev–Trinajstić information content (AvgIpc) is 3.05. The molecule has 0 fully saturated rings. The monoisotopic (exact) mass is 418 g/mol. The van der Waals surface area contributed by atoms with Crippen molar-refractivity contribution >= 4 is 27.5 Å². The Morgan fingerprint density at radius 3 is 2.23 bits per heavy atom. The molecule has 0 aliphatic heterocycles. The van der Waals surface area contributed by atoms with Gasteiger partial charge in [0.25, 0.3) is 5.56 Å². The zero-order valence-electron chi connectivity index (χ0n) is 17.3. The summed E-state index contributed by atoms with van der Waals surface area (Å²) < 4.78 is 1.32. The molecule has 6 heteroatoms. The summed E-state index contributed by atoms with van der Waals surface area (Å²) >= 11 is 1.46. The fraction of sp³-hybridized carbons (Fsp3) is 0.208. The molecule has 2 aromatic heterocycles. The summed E-state index contributed by atoms with van der Waals surface area (Å²) in [5, 5.41) is 10.4. The van der Waals surface area contributed by atoms with Gasteiger partial charge in [0.1, 0.15) is 16.2 Å². The van der Waals surface area contributed by atoms with E-state index >= 15 is 0 Å². The smallest absolute Gasteiger partial charge is 0.329 e. The van der Waals surface area contributed by atoms with Crippen molar-refractivity contribution in [2.45, 2.75) is 33.2 Å². The Hall–Kier alpha value is -3.25. The second kappa shape index (κ2) is 7.22. The van der Waals surface area contributed by atoms with Gasteiger partial charge in [0.15, 0.2) is 0 Å². The Balaban J connectivity index is 2.15. The van der Waals surface area contributed by atoms with Crippen LogP contribution >= 0.6 is 11.3 Å². The van der Waals surface area contributed by atoms with Gasteiger partial charge in [-0.15, -0.1) is 11.3 Å². The predicted octanol–water partition coefficient (Wildman–Crippen LogP) is 5.23. The molecule has 2 aromatic carbocycles. The Kier molecular flexibility index (Phi) is 4.82. The molecule has 0 spiro atoms. The summed E-state index contributed by atoms with van der Waals surface area (Å²) in [5.74, 6) is -0.729. The van der Waals surface area contributed by atoms with E-state index < -0.39 is 11.5 Å². The molecule has 30 heavy (non-hydrogen) atoms. The van der Waals surface area contributed by atoms with Gasteiger partial charge >= 0.3 is 5.97 Å². The van der Waals surface area contributed by atoms with Crippen molar-refractivity contribution in [3.05, 3.63) is 75.4 Å². The molecule has 152 valence electrons. The molecule has 1 N–H and O–H groups in total. The first-order valence-corrected chi connectivity index (χ1v) is 10.5. The first-order valence-electron chi connectivity index (χ1n) is 9.64. The van der Waals surface area contributed by atoms with E-state index in [0.717, 1.165) is 21.6 Å². The molecule has 2 heterocycles. The number of nitrogens with zero attached hydrogens (tertiary/aromatic N) is 2. The molecule has 0 bridgehead atoms. The van der Waals surface area contributed by atoms with Crippen LogP contribution in [0.2, 0.25) is 0 Å². The summed E-state index contributed by atoms with van der Waals surface area (Å²) in [6.07, 6.45) is 0. The Morgan fingerprint density at radius 2 is 1.63 bits per heavy atom. The second-order valence-electron chi connectivity index (χ2n) is 7.89. The van der Waals surface area contributed by atoms with E-state index in [-0.39, 0.29) is 5.56 Å². The Labute approximate surface area is 178 Å². The summed E-state index contributed by atoms with van der Waals surface area (Å²) in [6.45, 7) is 7.00. The summed E-state index contributed by atoms with van der Waals surface area (Å²) in [4.78, 5) is 32.3. The molecule has 0 aliphatic carbocycles. The Morgan fingerprint density at radius 1 is 1.00 bits per heavy atom. The van der Waals surface area contributed by atoms with Gasteiger partial charge in [0, 0.05) is 16.0 Å². The van der Waals surface area contributed by atoms with Gasteiger partial charge in [-0.2, -0.15) is 0 Å². The van der Waals surface area contributed by atoms with Gasteiger partial charge in [-0.05, 0) is 33.3 Å². The maximum absolute atomic E-state index is 13.8. The maximum atomic E-state index is 13.8. The minimum Gasteiger partial charge on any atom is -0.480 e. The highest BCUT2D eigenvalue weighted by molar-refractivity contribution is 7.19. The number of fused-ring (bicyclic) bond motifs is 1. The predicted molar refractivity (Wildman–Crippen MR) is 121 cm³/mol. The minimum absolute atomic E-state index is 0.342. The molecule has 4 aromatic rings. The van der Waals surface area contributed by atoms with Crippen LogP contribution in [-0.4, -0.2) is 20.6 Å². The van der Waals surface area contributed by atoms with Crippen molar-refractivity contribution in [3.8, 4) is 22.5 Å². The molecule has 0 saturated carbocycles. The zero-order valence-corrected chi connectivity index (χ0v) is 18.1. The molecule has 0 radical (unpaired) electrons. The molecular weight excluding hydrogens is 396 g/mol. The van der Waals surface area contributed by atoms with Crippen LogP contribution in [0.5, 0.6) is 0 Å². The highest BCUT2D eigenvalue weighted by Gasteiger charge is 2.35. The normalized spacial score (nSPS) is 11.7. The van der Waals surface area contributed by atoms with Crippen molar-refractivity contribution in [2.24, 2.45) is 0 Å². The lowest BCUT2D eigenvalue weighted by molar-refractivity contribution is -0.145. The van der Waals surface area contributed by atoms with Gasteiger partial charge in [0.2, 0.25) is 0 Å². The van der Waals surface area contributed by atoms with Crippen LogP contribution in [0.25, 0.3) is 32.7 Å². The molecule has 0 aliphatic rings. The van der Waals surface area contributed by atoms with Crippen LogP contribution in [0, 0.1) is 13.8 Å². The van der Waals surface area contributed by atoms with Crippen LogP contribution in [0.3, 0.4) is 0 Å². The number of carboxylic acids is 1. The number of aryl methyl sites for hydroxylation is 2. The number of aromatic nitrogens is 2. The van der Waals surface area contributed by atoms with E-state index in [1.165, 1.54) is 29.8 Å². The first-order chi connectivity index (χ1) is 14.2. The summed E-state index contributed by atoms with van der Waals surface area (Å²) in [5.41, 5.74) is 1.71. The third-order valence-corrected chi connectivity index (χ3v) is 6.36. The SMILES string of the molecule is Cc1ccc(-c2nc3sc(C)c(-c4ccccc4)c3c(=O)n2C(C)(C)C(=O)O)cc1.